The van der Waals surface area contributed by atoms with E-state index in [0.717, 1.165) is 11.1 Å². The molecule has 12 heteroatoms. The van der Waals surface area contributed by atoms with E-state index in [1.165, 1.54) is 23.6 Å². The van der Waals surface area contributed by atoms with Gasteiger partial charge in [0.2, 0.25) is 5.95 Å². The van der Waals surface area contributed by atoms with Crippen molar-refractivity contribution in [1.82, 2.24) is 24.7 Å². The van der Waals surface area contributed by atoms with Crippen molar-refractivity contribution in [1.29, 1.82) is 0 Å². The number of aryl methyl sites for hydroxylation is 1. The molecule has 0 spiro atoms. The summed E-state index contributed by atoms with van der Waals surface area (Å²) in [6.07, 6.45) is 4.53. The van der Waals surface area contributed by atoms with E-state index in [2.05, 4.69) is 25.5 Å². The molecule has 36 heavy (non-hydrogen) atoms. The highest BCUT2D eigenvalue weighted by molar-refractivity contribution is 6.07. The van der Waals surface area contributed by atoms with Crippen molar-refractivity contribution in [2.45, 2.75) is 20.1 Å². The van der Waals surface area contributed by atoms with Crippen molar-refractivity contribution in [3.8, 4) is 5.69 Å². The zero-order chi connectivity index (χ0) is 25.4. The Morgan fingerprint density at radius 1 is 1.17 bits per heavy atom. The third-order valence-corrected chi connectivity index (χ3v) is 5.89. The van der Waals surface area contributed by atoms with Gasteiger partial charge in [-0.25, -0.2) is 14.2 Å². The molecule has 3 heterocycles. The van der Waals surface area contributed by atoms with Crippen LogP contribution < -0.4 is 20.9 Å². The van der Waals surface area contributed by atoms with E-state index in [-0.39, 0.29) is 24.1 Å². The number of nitrogens with one attached hydrogen (secondary N) is 1. The van der Waals surface area contributed by atoms with E-state index in [1.807, 2.05) is 13.0 Å². The van der Waals surface area contributed by atoms with Gasteiger partial charge in [-0.1, -0.05) is 6.07 Å². The van der Waals surface area contributed by atoms with Crippen LogP contribution in [-0.4, -0.2) is 43.7 Å². The van der Waals surface area contributed by atoms with E-state index in [4.69, 9.17) is 5.73 Å². The molecule has 5 rings (SSSR count). The minimum atomic E-state index is -0.730. The number of alkyl halides is 1. The Morgan fingerprint density at radius 3 is 2.69 bits per heavy atom. The zero-order valence-electron chi connectivity index (χ0n) is 19.5. The molecule has 1 aliphatic heterocycles. The van der Waals surface area contributed by atoms with Crippen LogP contribution in [0.5, 0.6) is 0 Å². The second kappa shape index (κ2) is 9.06. The van der Waals surface area contributed by atoms with Crippen LogP contribution in [0.15, 0.2) is 55.2 Å². The van der Waals surface area contributed by atoms with Gasteiger partial charge in [-0.2, -0.15) is 4.98 Å². The highest BCUT2D eigenvalue weighted by atomic mass is 19.1. The third kappa shape index (κ3) is 4.19. The van der Waals surface area contributed by atoms with Gasteiger partial charge in [-0.05, 0) is 48.4 Å². The monoisotopic (exact) mass is 487 g/mol. The number of nitrogens with two attached hydrogens (primary N) is 1. The summed E-state index contributed by atoms with van der Waals surface area (Å²) in [7, 11) is 1.62. The SMILES string of the molecule is Cc1ccc(NC(=O)c2cc(CF)cc(-n3cnnc3)c2)cc1N1Cc2cnc(N)nc2N(C)C1=O. The lowest BCUT2D eigenvalue weighted by atomic mass is 10.1. The van der Waals surface area contributed by atoms with E-state index in [9.17, 15) is 14.0 Å². The van der Waals surface area contributed by atoms with Crippen molar-refractivity contribution in [2.75, 3.05) is 27.9 Å². The normalized spacial score (nSPS) is 13.0. The highest BCUT2D eigenvalue weighted by Crippen LogP contribution is 2.33. The summed E-state index contributed by atoms with van der Waals surface area (Å²) in [6.45, 7) is 1.39. The van der Waals surface area contributed by atoms with Gasteiger partial charge in [-0.15, -0.1) is 10.2 Å². The third-order valence-electron chi connectivity index (χ3n) is 5.89. The van der Waals surface area contributed by atoms with Crippen molar-refractivity contribution < 1.29 is 14.0 Å². The summed E-state index contributed by atoms with van der Waals surface area (Å²) in [6, 6.07) is 9.73. The predicted octanol–water partition coefficient (Wildman–Crippen LogP) is 3.25. The number of halogens is 1. The number of carbonyl (C=O) groups excluding carboxylic acids is 2. The first-order valence-corrected chi connectivity index (χ1v) is 11.0. The maximum atomic E-state index is 13.5. The molecule has 2 aromatic heterocycles. The lowest BCUT2D eigenvalue weighted by Gasteiger charge is -2.34. The number of carbonyl (C=O) groups is 2. The lowest BCUT2D eigenvalue weighted by Crippen LogP contribution is -2.46. The van der Waals surface area contributed by atoms with Crippen LogP contribution in [0.2, 0.25) is 0 Å². The molecule has 3 amide bonds. The number of aromatic nitrogens is 5. The minimum Gasteiger partial charge on any atom is -0.368 e. The first-order valence-electron chi connectivity index (χ1n) is 11.0. The molecule has 11 nitrogen and oxygen atoms in total. The molecule has 0 radical (unpaired) electrons. The van der Waals surface area contributed by atoms with Gasteiger partial charge in [-0.3, -0.25) is 19.2 Å². The van der Waals surface area contributed by atoms with E-state index in [0.29, 0.717) is 28.4 Å². The topological polar surface area (TPSA) is 135 Å². The fourth-order valence-electron chi connectivity index (χ4n) is 4.06. The van der Waals surface area contributed by atoms with Gasteiger partial charge >= 0.3 is 6.03 Å². The molecular formula is C24H22FN9O2. The van der Waals surface area contributed by atoms with Crippen molar-refractivity contribution >= 4 is 35.1 Å². The standard InChI is InChI=1S/C24H22FN9O2/c1-14-3-4-18(8-20(14)34-11-17-10-27-23(26)31-21(17)32(2)24(34)36)30-22(35)16-5-15(9-25)6-19(7-16)33-12-28-29-13-33/h3-8,10,12-13H,9,11H2,1-2H3,(H,30,35)(H2,26,27,31). The second-order valence-electron chi connectivity index (χ2n) is 8.35. The summed E-state index contributed by atoms with van der Waals surface area (Å²) in [5.41, 5.74) is 9.54. The van der Waals surface area contributed by atoms with Crippen molar-refractivity contribution in [3.63, 3.8) is 0 Å². The number of amides is 3. The first kappa shape index (κ1) is 22.9. The molecule has 0 saturated carbocycles. The van der Waals surface area contributed by atoms with Gasteiger partial charge in [0.05, 0.1) is 12.2 Å². The van der Waals surface area contributed by atoms with Gasteiger partial charge in [0.15, 0.2) is 0 Å². The average Bonchev–Trinajstić information content (AvgIpc) is 3.43. The molecule has 2 aromatic carbocycles. The molecule has 1 aliphatic rings. The van der Waals surface area contributed by atoms with Crippen LogP contribution in [0.25, 0.3) is 5.69 Å². The van der Waals surface area contributed by atoms with Crippen molar-refractivity contribution in [3.05, 3.63) is 77.5 Å². The van der Waals surface area contributed by atoms with Crippen LogP contribution in [0.1, 0.15) is 27.0 Å². The number of urea groups is 1. The quantitative estimate of drug-likeness (QED) is 0.441. The number of benzene rings is 2. The average molecular weight is 487 g/mol. The van der Waals surface area contributed by atoms with Gasteiger partial charge in [0.25, 0.3) is 5.91 Å². The Hall–Kier alpha value is -4.87. The number of nitrogen functional groups attached to an aromatic ring is 1. The van der Waals surface area contributed by atoms with Gasteiger partial charge in [0.1, 0.15) is 25.1 Å². The largest absolute Gasteiger partial charge is 0.368 e. The molecule has 0 fully saturated rings. The fourth-order valence-corrected chi connectivity index (χ4v) is 4.06. The molecule has 4 aromatic rings. The van der Waals surface area contributed by atoms with Crippen LogP contribution in [0.3, 0.4) is 0 Å². The molecular weight excluding hydrogens is 465 g/mol. The second-order valence-corrected chi connectivity index (χ2v) is 8.35. The first-order chi connectivity index (χ1) is 17.3. The molecule has 0 bridgehead atoms. The molecule has 0 unspecified atom stereocenters. The summed E-state index contributed by atoms with van der Waals surface area (Å²) >= 11 is 0. The number of hydrogen-bond acceptors (Lipinski definition) is 7. The van der Waals surface area contributed by atoms with Crippen molar-refractivity contribution in [2.24, 2.45) is 0 Å². The Morgan fingerprint density at radius 2 is 1.94 bits per heavy atom. The summed E-state index contributed by atoms with van der Waals surface area (Å²) in [4.78, 5) is 37.5. The van der Waals surface area contributed by atoms with Gasteiger partial charge < -0.3 is 11.1 Å². The molecule has 0 saturated heterocycles. The molecule has 3 N–H and O–H groups in total. The Kier molecular flexibility index (Phi) is 5.76. The molecule has 182 valence electrons. The Labute approximate surface area is 205 Å². The fraction of sp³-hybridized carbons (Fsp3) is 0.167. The molecule has 0 atom stereocenters. The maximum absolute atomic E-state index is 13.5. The van der Waals surface area contributed by atoms with E-state index in [1.54, 1.807) is 47.0 Å². The van der Waals surface area contributed by atoms with Crippen LogP contribution in [0.4, 0.5) is 32.3 Å². The predicted molar refractivity (Wildman–Crippen MR) is 132 cm³/mol. The summed E-state index contributed by atoms with van der Waals surface area (Å²) in [5.74, 6) is 0.125. The lowest BCUT2D eigenvalue weighted by molar-refractivity contribution is 0.102. The number of rotatable bonds is 5. The summed E-state index contributed by atoms with van der Waals surface area (Å²) < 4.78 is 15.1. The minimum absolute atomic E-state index is 0.0898. The van der Waals surface area contributed by atoms with Crippen LogP contribution in [-0.2, 0) is 13.2 Å². The number of anilines is 4. The zero-order valence-corrected chi connectivity index (χ0v) is 19.5. The van der Waals surface area contributed by atoms with E-state index < -0.39 is 12.6 Å². The van der Waals surface area contributed by atoms with Gasteiger partial charge in [0, 0.05) is 35.7 Å². The molecule has 0 aliphatic carbocycles. The highest BCUT2D eigenvalue weighted by Gasteiger charge is 2.31. The van der Waals surface area contributed by atoms with E-state index >= 15 is 0 Å². The van der Waals surface area contributed by atoms with Crippen LogP contribution in [0, 0.1) is 6.92 Å². The number of fused-ring (bicyclic) bond motifs is 1. The Bertz CT molecular complexity index is 1470. The maximum Gasteiger partial charge on any atom is 0.330 e. The van der Waals surface area contributed by atoms with Crippen LogP contribution >= 0.6 is 0 Å². The Balaban J connectivity index is 1.44. The summed E-state index contributed by atoms with van der Waals surface area (Å²) in [5, 5.41) is 10.4. The number of nitrogens with zero attached hydrogens (tertiary/aromatic N) is 7. The number of hydrogen-bond donors (Lipinski definition) is 2. The smallest absolute Gasteiger partial charge is 0.330 e.